The van der Waals surface area contributed by atoms with Crippen molar-refractivity contribution < 1.29 is 4.74 Å². The molecule has 0 radical (unpaired) electrons. The molecule has 0 aliphatic carbocycles. The van der Waals surface area contributed by atoms with Crippen molar-refractivity contribution in [2.24, 2.45) is 5.73 Å². The van der Waals surface area contributed by atoms with Gasteiger partial charge in [0.2, 0.25) is 0 Å². The van der Waals surface area contributed by atoms with E-state index in [1.807, 2.05) is 18.2 Å². The highest BCUT2D eigenvalue weighted by atomic mass is 16.5. The Hall–Kier alpha value is -1.45. The lowest BCUT2D eigenvalue weighted by molar-refractivity contribution is 0.188. The van der Waals surface area contributed by atoms with Crippen molar-refractivity contribution in [3.05, 3.63) is 42.1 Å². The van der Waals surface area contributed by atoms with Gasteiger partial charge in [-0.25, -0.2) is 0 Å². The predicted molar refractivity (Wildman–Crippen MR) is 65.2 cm³/mol. The minimum Gasteiger partial charge on any atom is -0.385 e. The lowest BCUT2D eigenvalue weighted by Crippen LogP contribution is -2.12. The second-order valence-corrected chi connectivity index (χ2v) is 3.84. The zero-order valence-corrected chi connectivity index (χ0v) is 9.39. The number of pyridine rings is 1. The first-order valence-corrected chi connectivity index (χ1v) is 5.40. The predicted octanol–water partition coefficient (Wildman–Crippen LogP) is 2.27. The summed E-state index contributed by atoms with van der Waals surface area (Å²) in [5, 5.41) is 1.13. The van der Waals surface area contributed by atoms with E-state index in [0.717, 1.165) is 22.9 Å². The number of nitrogens with two attached hydrogens (primary N) is 1. The fourth-order valence-corrected chi connectivity index (χ4v) is 1.74. The smallest absolute Gasteiger partial charge is 0.0702 e. The van der Waals surface area contributed by atoms with Gasteiger partial charge in [0.1, 0.15) is 0 Å². The van der Waals surface area contributed by atoms with Gasteiger partial charge in [-0.3, -0.25) is 4.98 Å². The first-order valence-electron chi connectivity index (χ1n) is 5.40. The largest absolute Gasteiger partial charge is 0.385 e. The van der Waals surface area contributed by atoms with E-state index in [-0.39, 0.29) is 6.04 Å². The molecule has 0 amide bonds. The third-order valence-corrected chi connectivity index (χ3v) is 2.69. The molecule has 0 saturated carbocycles. The van der Waals surface area contributed by atoms with Crippen molar-refractivity contribution in [2.75, 3.05) is 13.7 Å². The molecule has 0 aliphatic heterocycles. The highest BCUT2D eigenvalue weighted by Gasteiger charge is 2.06. The molecule has 2 aromatic rings. The van der Waals surface area contributed by atoms with Gasteiger partial charge in [-0.05, 0) is 30.2 Å². The number of ether oxygens (including phenoxy) is 1. The SMILES string of the molecule is COCCC(N)c1ccc2ncccc2c1. The van der Waals surface area contributed by atoms with Crippen molar-refractivity contribution in [1.29, 1.82) is 0 Å². The molecule has 1 aromatic carbocycles. The molecule has 0 fully saturated rings. The highest BCUT2D eigenvalue weighted by molar-refractivity contribution is 5.79. The minimum absolute atomic E-state index is 0.0320. The maximum absolute atomic E-state index is 6.07. The Kier molecular flexibility index (Phi) is 3.49. The number of hydrogen-bond donors (Lipinski definition) is 1. The van der Waals surface area contributed by atoms with E-state index in [2.05, 4.69) is 17.1 Å². The van der Waals surface area contributed by atoms with Crippen LogP contribution in [0.3, 0.4) is 0 Å². The maximum Gasteiger partial charge on any atom is 0.0702 e. The Morgan fingerprint density at radius 1 is 1.38 bits per heavy atom. The van der Waals surface area contributed by atoms with Crippen LogP contribution >= 0.6 is 0 Å². The van der Waals surface area contributed by atoms with Gasteiger partial charge in [0.15, 0.2) is 0 Å². The number of hydrogen-bond acceptors (Lipinski definition) is 3. The van der Waals surface area contributed by atoms with Crippen LogP contribution in [0.4, 0.5) is 0 Å². The van der Waals surface area contributed by atoms with Crippen LogP contribution in [0.5, 0.6) is 0 Å². The summed E-state index contributed by atoms with van der Waals surface area (Å²) in [5.74, 6) is 0. The van der Waals surface area contributed by atoms with E-state index in [9.17, 15) is 0 Å². The molecule has 84 valence electrons. The number of nitrogens with zero attached hydrogens (tertiary/aromatic N) is 1. The molecule has 0 bridgehead atoms. The fraction of sp³-hybridized carbons (Fsp3) is 0.308. The number of benzene rings is 1. The summed E-state index contributed by atoms with van der Waals surface area (Å²) in [6, 6.07) is 10.2. The Balaban J connectivity index is 2.25. The summed E-state index contributed by atoms with van der Waals surface area (Å²) >= 11 is 0. The molecule has 1 aromatic heterocycles. The highest BCUT2D eigenvalue weighted by Crippen LogP contribution is 2.19. The average Bonchev–Trinajstić information content (AvgIpc) is 2.35. The van der Waals surface area contributed by atoms with Crippen LogP contribution < -0.4 is 5.73 Å². The molecular weight excluding hydrogens is 200 g/mol. The molecule has 1 unspecified atom stereocenters. The standard InChI is InChI=1S/C13H16N2O/c1-16-8-6-12(14)10-4-5-13-11(9-10)3-2-7-15-13/h2-5,7,9,12H,6,8,14H2,1H3. The summed E-state index contributed by atoms with van der Waals surface area (Å²) in [4.78, 5) is 4.28. The maximum atomic E-state index is 6.07. The summed E-state index contributed by atoms with van der Waals surface area (Å²) in [7, 11) is 1.69. The molecule has 0 saturated heterocycles. The van der Waals surface area contributed by atoms with Gasteiger partial charge >= 0.3 is 0 Å². The molecule has 16 heavy (non-hydrogen) atoms. The molecule has 2 N–H and O–H groups in total. The fourth-order valence-electron chi connectivity index (χ4n) is 1.74. The summed E-state index contributed by atoms with van der Waals surface area (Å²) in [6.07, 6.45) is 2.63. The lowest BCUT2D eigenvalue weighted by Gasteiger charge is -2.11. The van der Waals surface area contributed by atoms with E-state index in [0.29, 0.717) is 6.61 Å². The van der Waals surface area contributed by atoms with Crippen LogP contribution in [-0.2, 0) is 4.74 Å². The summed E-state index contributed by atoms with van der Waals surface area (Å²) < 4.78 is 5.03. The van der Waals surface area contributed by atoms with Crippen molar-refractivity contribution >= 4 is 10.9 Å². The normalized spacial score (nSPS) is 12.9. The van der Waals surface area contributed by atoms with Crippen LogP contribution in [-0.4, -0.2) is 18.7 Å². The molecule has 0 aliphatic rings. The number of aromatic nitrogens is 1. The zero-order valence-electron chi connectivity index (χ0n) is 9.39. The van der Waals surface area contributed by atoms with Crippen molar-refractivity contribution in [2.45, 2.75) is 12.5 Å². The van der Waals surface area contributed by atoms with Crippen LogP contribution in [0.15, 0.2) is 36.5 Å². The van der Waals surface area contributed by atoms with Crippen LogP contribution in [0.2, 0.25) is 0 Å². The van der Waals surface area contributed by atoms with Crippen molar-refractivity contribution in [3.63, 3.8) is 0 Å². The van der Waals surface area contributed by atoms with Gasteiger partial charge in [0.25, 0.3) is 0 Å². The minimum atomic E-state index is 0.0320. The Bertz CT molecular complexity index is 470. The molecule has 1 atom stereocenters. The first kappa shape index (κ1) is 11.0. The first-order chi connectivity index (χ1) is 7.81. The van der Waals surface area contributed by atoms with E-state index in [4.69, 9.17) is 10.5 Å². The topological polar surface area (TPSA) is 48.1 Å². The second-order valence-electron chi connectivity index (χ2n) is 3.84. The van der Waals surface area contributed by atoms with Crippen LogP contribution in [0.25, 0.3) is 10.9 Å². The third-order valence-electron chi connectivity index (χ3n) is 2.69. The van der Waals surface area contributed by atoms with E-state index < -0.39 is 0 Å². The van der Waals surface area contributed by atoms with Gasteiger partial charge in [0.05, 0.1) is 5.52 Å². The zero-order chi connectivity index (χ0) is 11.4. The van der Waals surface area contributed by atoms with E-state index in [1.54, 1.807) is 13.3 Å². The van der Waals surface area contributed by atoms with Crippen LogP contribution in [0, 0.1) is 0 Å². The van der Waals surface area contributed by atoms with E-state index in [1.165, 1.54) is 0 Å². The van der Waals surface area contributed by atoms with Gasteiger partial charge in [-0.1, -0.05) is 12.1 Å². The number of rotatable bonds is 4. The number of methoxy groups -OCH3 is 1. The van der Waals surface area contributed by atoms with Crippen molar-refractivity contribution in [3.8, 4) is 0 Å². The Morgan fingerprint density at radius 3 is 3.06 bits per heavy atom. The number of fused-ring (bicyclic) bond motifs is 1. The van der Waals surface area contributed by atoms with E-state index >= 15 is 0 Å². The monoisotopic (exact) mass is 216 g/mol. The molecule has 1 heterocycles. The Labute approximate surface area is 95.2 Å². The second kappa shape index (κ2) is 5.05. The van der Waals surface area contributed by atoms with Gasteiger partial charge in [-0.15, -0.1) is 0 Å². The van der Waals surface area contributed by atoms with Gasteiger partial charge < -0.3 is 10.5 Å². The third kappa shape index (κ3) is 2.38. The summed E-state index contributed by atoms with van der Waals surface area (Å²) in [5.41, 5.74) is 8.21. The Morgan fingerprint density at radius 2 is 2.25 bits per heavy atom. The van der Waals surface area contributed by atoms with Gasteiger partial charge in [0, 0.05) is 31.3 Å². The van der Waals surface area contributed by atoms with Crippen molar-refractivity contribution in [1.82, 2.24) is 4.98 Å². The molecule has 3 heteroatoms. The average molecular weight is 216 g/mol. The molecule has 0 spiro atoms. The molecular formula is C13H16N2O. The quantitative estimate of drug-likeness (QED) is 0.852. The lowest BCUT2D eigenvalue weighted by atomic mass is 10.0. The van der Waals surface area contributed by atoms with Gasteiger partial charge in [-0.2, -0.15) is 0 Å². The van der Waals surface area contributed by atoms with Crippen LogP contribution in [0.1, 0.15) is 18.0 Å². The molecule has 3 nitrogen and oxygen atoms in total. The summed E-state index contributed by atoms with van der Waals surface area (Å²) in [6.45, 7) is 0.687. The molecule has 2 rings (SSSR count).